The summed E-state index contributed by atoms with van der Waals surface area (Å²) in [6, 6.07) is 9.36. The summed E-state index contributed by atoms with van der Waals surface area (Å²) in [7, 11) is 3.42. The van der Waals surface area contributed by atoms with Crippen molar-refractivity contribution in [2.24, 2.45) is 5.92 Å². The molecule has 2 bridgehead atoms. The average Bonchev–Trinajstić information content (AvgIpc) is 2.78. The summed E-state index contributed by atoms with van der Waals surface area (Å²) in [6.45, 7) is 0. The van der Waals surface area contributed by atoms with Crippen molar-refractivity contribution >= 4 is 11.9 Å². The molecular formula is C17H22ClNO4. The van der Waals surface area contributed by atoms with E-state index in [1.807, 2.05) is 13.1 Å². The molecule has 2 saturated heterocycles. The smallest absolute Gasteiger partial charge is 1.00 e. The summed E-state index contributed by atoms with van der Waals surface area (Å²) in [5.41, 5.74) is 0.511. The predicted molar refractivity (Wildman–Crippen MR) is 81.5 cm³/mol. The molecule has 0 amide bonds. The standard InChI is InChI=1S/C17H21NO4.ClH/c1-18-12-8-9-13(18)15(17(20)21-2)14(10-12)22-16(19)11-6-4-3-5-7-11;/h3-7,12-15H,8-10H2,1-2H3;1H/t12-,13-,14+,15-;/m1./s1. The molecule has 2 aliphatic rings. The lowest BCUT2D eigenvalue weighted by atomic mass is 9.87. The lowest BCUT2D eigenvalue weighted by Crippen LogP contribution is -3.00. The second-order valence-corrected chi connectivity index (χ2v) is 6.06. The lowest BCUT2D eigenvalue weighted by molar-refractivity contribution is -0.156. The first-order valence-electron chi connectivity index (χ1n) is 7.67. The molecule has 5 nitrogen and oxygen atoms in total. The van der Waals surface area contributed by atoms with Crippen molar-refractivity contribution in [2.45, 2.75) is 37.5 Å². The molecular weight excluding hydrogens is 318 g/mol. The molecule has 0 aromatic heterocycles. The Balaban J connectivity index is 0.00000144. The molecule has 1 aromatic carbocycles. The summed E-state index contributed by atoms with van der Waals surface area (Å²) in [5, 5.41) is 0. The van der Waals surface area contributed by atoms with Gasteiger partial charge in [-0.25, -0.2) is 4.79 Å². The van der Waals surface area contributed by atoms with Gasteiger partial charge >= 0.3 is 13.4 Å². The maximum absolute atomic E-state index is 12.3. The highest BCUT2D eigenvalue weighted by Gasteiger charge is 2.50. The SMILES string of the molecule is COC(=O)[C@H]1[C@@H](OC(=O)c2ccccc2)C[C@H]2CC[C@H]1N2C.[Cl-].[H+]. The first kappa shape index (κ1) is 17.8. The quantitative estimate of drug-likeness (QED) is 0.660. The fourth-order valence-corrected chi connectivity index (χ4v) is 3.77. The number of hydrogen-bond donors (Lipinski definition) is 0. The molecule has 0 radical (unpaired) electrons. The zero-order chi connectivity index (χ0) is 15.7. The zero-order valence-corrected chi connectivity index (χ0v) is 14.0. The molecule has 2 aliphatic heterocycles. The van der Waals surface area contributed by atoms with Crippen molar-refractivity contribution in [1.82, 2.24) is 4.90 Å². The number of nitrogens with zero attached hydrogens (tertiary/aromatic N) is 1. The van der Waals surface area contributed by atoms with E-state index in [0.29, 0.717) is 18.0 Å². The van der Waals surface area contributed by atoms with Crippen molar-refractivity contribution in [2.75, 3.05) is 14.2 Å². The normalized spacial score (nSPS) is 29.5. The van der Waals surface area contributed by atoms with Crippen molar-refractivity contribution < 1.29 is 32.9 Å². The van der Waals surface area contributed by atoms with Gasteiger partial charge in [0.05, 0.1) is 12.7 Å². The molecule has 3 rings (SSSR count). The Morgan fingerprint density at radius 1 is 1.22 bits per heavy atom. The number of rotatable bonds is 3. The second kappa shape index (κ2) is 7.32. The van der Waals surface area contributed by atoms with Crippen LogP contribution in [0, 0.1) is 5.92 Å². The molecule has 6 heteroatoms. The number of fused-ring (bicyclic) bond motifs is 2. The molecule has 1 aromatic rings. The molecule has 126 valence electrons. The van der Waals surface area contributed by atoms with E-state index in [1.54, 1.807) is 24.3 Å². The molecule has 4 atom stereocenters. The van der Waals surface area contributed by atoms with Crippen LogP contribution in [0.1, 0.15) is 31.0 Å². The first-order valence-corrected chi connectivity index (χ1v) is 7.67. The molecule has 0 saturated carbocycles. The number of methoxy groups -OCH3 is 1. The highest BCUT2D eigenvalue weighted by Crippen LogP contribution is 2.40. The van der Waals surface area contributed by atoms with E-state index in [9.17, 15) is 9.59 Å². The van der Waals surface area contributed by atoms with Crippen molar-refractivity contribution in [3.8, 4) is 0 Å². The van der Waals surface area contributed by atoms with Gasteiger partial charge in [0, 0.05) is 18.5 Å². The van der Waals surface area contributed by atoms with Crippen molar-refractivity contribution in [3.05, 3.63) is 35.9 Å². The van der Waals surface area contributed by atoms with Gasteiger partial charge in [-0.05, 0) is 32.0 Å². The molecule has 2 fully saturated rings. The lowest BCUT2D eigenvalue weighted by Gasteiger charge is -2.40. The minimum absolute atomic E-state index is 0. The Hall–Kier alpha value is -1.59. The highest BCUT2D eigenvalue weighted by atomic mass is 35.5. The van der Waals surface area contributed by atoms with E-state index >= 15 is 0 Å². The molecule has 0 N–H and O–H groups in total. The Morgan fingerprint density at radius 3 is 2.57 bits per heavy atom. The number of esters is 2. The monoisotopic (exact) mass is 339 g/mol. The third-order valence-electron chi connectivity index (χ3n) is 4.96. The summed E-state index contributed by atoms with van der Waals surface area (Å²) in [6.07, 6.45) is 2.26. The van der Waals surface area contributed by atoms with Gasteiger partial charge in [0.1, 0.15) is 12.0 Å². The second-order valence-electron chi connectivity index (χ2n) is 6.06. The van der Waals surface area contributed by atoms with E-state index < -0.39 is 12.0 Å². The van der Waals surface area contributed by atoms with E-state index in [1.165, 1.54) is 7.11 Å². The van der Waals surface area contributed by atoms with Crippen molar-refractivity contribution in [3.63, 3.8) is 0 Å². The van der Waals surface area contributed by atoms with Gasteiger partial charge in [-0.1, -0.05) is 18.2 Å². The van der Waals surface area contributed by atoms with Gasteiger partial charge in [0.2, 0.25) is 0 Å². The molecule has 0 spiro atoms. The van der Waals surface area contributed by atoms with E-state index in [4.69, 9.17) is 9.47 Å². The van der Waals surface area contributed by atoms with Crippen LogP contribution in [0.5, 0.6) is 0 Å². The fraction of sp³-hybridized carbons (Fsp3) is 0.529. The van der Waals surface area contributed by atoms with Gasteiger partial charge in [-0.3, -0.25) is 9.69 Å². The van der Waals surface area contributed by atoms with Gasteiger partial charge in [-0.2, -0.15) is 0 Å². The molecule has 0 aliphatic carbocycles. The Morgan fingerprint density at radius 2 is 1.91 bits per heavy atom. The number of ether oxygens (including phenoxy) is 2. The van der Waals surface area contributed by atoms with Gasteiger partial charge in [0.25, 0.3) is 0 Å². The maximum Gasteiger partial charge on any atom is 1.00 e. The minimum Gasteiger partial charge on any atom is -1.00 e. The minimum atomic E-state index is -0.408. The van der Waals surface area contributed by atoms with Crippen LogP contribution in [-0.2, 0) is 14.3 Å². The van der Waals surface area contributed by atoms with Crippen molar-refractivity contribution in [1.29, 1.82) is 0 Å². The molecule has 0 unspecified atom stereocenters. The summed E-state index contributed by atoms with van der Waals surface area (Å²) in [5.74, 6) is -1.06. The number of carbonyl (C=O) groups is 2. The van der Waals surface area contributed by atoms with Crippen LogP contribution in [0.4, 0.5) is 0 Å². The van der Waals surface area contributed by atoms with Crippen LogP contribution in [0.2, 0.25) is 0 Å². The van der Waals surface area contributed by atoms with Crippen LogP contribution in [0.3, 0.4) is 0 Å². The van der Waals surface area contributed by atoms with E-state index in [-0.39, 0.29) is 31.8 Å². The highest BCUT2D eigenvalue weighted by molar-refractivity contribution is 5.89. The maximum atomic E-state index is 12.3. The first-order chi connectivity index (χ1) is 10.6. The topological polar surface area (TPSA) is 55.8 Å². The van der Waals surface area contributed by atoms with Gasteiger partial charge in [-0.15, -0.1) is 0 Å². The largest absolute Gasteiger partial charge is 1.00 e. The van der Waals surface area contributed by atoms with E-state index in [2.05, 4.69) is 4.90 Å². The molecule has 2 heterocycles. The average molecular weight is 340 g/mol. The zero-order valence-electron chi connectivity index (χ0n) is 14.3. The van der Waals surface area contributed by atoms with Gasteiger partial charge in [0.15, 0.2) is 0 Å². The molecule has 23 heavy (non-hydrogen) atoms. The Kier molecular flexibility index (Phi) is 5.65. The number of piperidine rings is 1. The fourth-order valence-electron chi connectivity index (χ4n) is 3.77. The summed E-state index contributed by atoms with van der Waals surface area (Å²) in [4.78, 5) is 26.7. The van der Waals surface area contributed by atoms with Gasteiger partial charge < -0.3 is 21.9 Å². The number of carbonyl (C=O) groups excluding carboxylic acids is 2. The number of hydrogen-bond acceptors (Lipinski definition) is 5. The van der Waals surface area contributed by atoms with E-state index in [0.717, 1.165) is 12.8 Å². The third-order valence-corrected chi connectivity index (χ3v) is 4.96. The number of benzene rings is 1. The van der Waals surface area contributed by atoms with Crippen LogP contribution in [-0.4, -0.2) is 49.2 Å². The van der Waals surface area contributed by atoms with Crippen LogP contribution < -0.4 is 12.4 Å². The van der Waals surface area contributed by atoms with Crippen LogP contribution >= 0.6 is 0 Å². The third kappa shape index (κ3) is 3.35. The predicted octanol–water partition coefficient (Wildman–Crippen LogP) is -1.02. The van der Waals surface area contributed by atoms with Crippen LogP contribution in [0.25, 0.3) is 0 Å². The number of halogens is 1. The van der Waals surface area contributed by atoms with Crippen LogP contribution in [0.15, 0.2) is 30.3 Å². The Labute approximate surface area is 143 Å². The summed E-state index contributed by atoms with van der Waals surface area (Å²) < 4.78 is 10.6. The summed E-state index contributed by atoms with van der Waals surface area (Å²) >= 11 is 0. The Bertz CT molecular complexity index is 571.